The minimum atomic E-state index is -0.431. The van der Waals surface area contributed by atoms with Crippen molar-refractivity contribution in [3.8, 4) is 6.07 Å². The molecule has 0 saturated carbocycles. The predicted octanol–water partition coefficient (Wildman–Crippen LogP) is 2.13. The van der Waals surface area contributed by atoms with Crippen LogP contribution in [0.5, 0.6) is 0 Å². The van der Waals surface area contributed by atoms with Gasteiger partial charge in [0.15, 0.2) is 5.79 Å². The molecule has 0 aromatic carbocycles. The third-order valence-electron chi connectivity index (χ3n) is 4.26. The van der Waals surface area contributed by atoms with Gasteiger partial charge in [0, 0.05) is 12.5 Å². The largest absolute Gasteiger partial charge is 0.449 e. The summed E-state index contributed by atoms with van der Waals surface area (Å²) in [6.45, 7) is 6.17. The van der Waals surface area contributed by atoms with Crippen LogP contribution in [0.15, 0.2) is 16.5 Å². The van der Waals surface area contributed by atoms with E-state index in [4.69, 9.17) is 19.2 Å². The minimum absolute atomic E-state index is 0.378. The van der Waals surface area contributed by atoms with Crippen LogP contribution < -0.4 is 0 Å². The third kappa shape index (κ3) is 2.73. The fourth-order valence-electron chi connectivity index (χ4n) is 3.14. The summed E-state index contributed by atoms with van der Waals surface area (Å²) in [5.74, 6) is 1.19. The van der Waals surface area contributed by atoms with Crippen molar-refractivity contribution in [1.29, 1.82) is 5.26 Å². The molecular formula is C15H20N2O3. The highest BCUT2D eigenvalue weighted by Gasteiger charge is 2.41. The molecule has 0 aliphatic carbocycles. The average Bonchev–Trinajstić information content (AvgIpc) is 3.09. The number of likely N-dealkylation sites (tertiary alicyclic amines) is 1. The molecule has 1 aromatic heterocycles. The van der Waals surface area contributed by atoms with Crippen LogP contribution in [0.1, 0.15) is 31.3 Å². The Hall–Kier alpha value is -1.35. The molecule has 0 bridgehead atoms. The maximum absolute atomic E-state index is 8.79. The van der Waals surface area contributed by atoms with Gasteiger partial charge in [-0.25, -0.2) is 0 Å². The van der Waals surface area contributed by atoms with Crippen molar-refractivity contribution in [1.82, 2.24) is 4.90 Å². The van der Waals surface area contributed by atoms with E-state index in [1.54, 1.807) is 6.07 Å². The lowest BCUT2D eigenvalue weighted by Crippen LogP contribution is -2.46. The van der Waals surface area contributed by atoms with Crippen LogP contribution in [0.25, 0.3) is 0 Å². The maximum atomic E-state index is 8.79. The van der Waals surface area contributed by atoms with Gasteiger partial charge >= 0.3 is 0 Å². The fraction of sp³-hybridized carbons (Fsp3) is 0.667. The lowest BCUT2D eigenvalue weighted by Gasteiger charge is -2.39. The molecule has 0 N–H and O–H groups in total. The number of piperidine rings is 1. The van der Waals surface area contributed by atoms with Gasteiger partial charge in [-0.1, -0.05) is 0 Å². The van der Waals surface area contributed by atoms with Gasteiger partial charge in [-0.15, -0.1) is 0 Å². The number of furan rings is 1. The van der Waals surface area contributed by atoms with Gasteiger partial charge in [-0.2, -0.15) is 5.26 Å². The zero-order valence-electron chi connectivity index (χ0n) is 11.8. The van der Waals surface area contributed by atoms with E-state index in [-0.39, 0.29) is 0 Å². The molecule has 2 aliphatic rings. The first kappa shape index (κ1) is 13.6. The number of hydrogen-bond acceptors (Lipinski definition) is 5. The molecule has 0 amide bonds. The monoisotopic (exact) mass is 276 g/mol. The topological polar surface area (TPSA) is 58.6 Å². The second-order valence-electron chi connectivity index (χ2n) is 5.66. The first-order valence-electron chi connectivity index (χ1n) is 7.19. The molecule has 0 unspecified atom stereocenters. The van der Waals surface area contributed by atoms with Crippen LogP contribution >= 0.6 is 0 Å². The molecule has 2 aliphatic heterocycles. The number of nitriles is 1. The molecule has 1 aromatic rings. The SMILES string of the molecule is CC1([C@H]2CCCN(Cc3ccc(C#N)o3)C2)OCCO1. The second kappa shape index (κ2) is 5.57. The summed E-state index contributed by atoms with van der Waals surface area (Å²) in [4.78, 5) is 2.35. The Kier molecular flexibility index (Phi) is 3.79. The van der Waals surface area contributed by atoms with Crippen molar-refractivity contribution in [2.45, 2.75) is 32.1 Å². The number of ether oxygens (including phenoxy) is 2. The van der Waals surface area contributed by atoms with E-state index in [9.17, 15) is 0 Å². The molecule has 3 heterocycles. The van der Waals surface area contributed by atoms with Gasteiger partial charge in [0.05, 0.1) is 19.8 Å². The maximum Gasteiger partial charge on any atom is 0.203 e. The lowest BCUT2D eigenvalue weighted by atomic mass is 9.90. The van der Waals surface area contributed by atoms with Crippen LogP contribution in [-0.4, -0.2) is 37.0 Å². The fourth-order valence-corrected chi connectivity index (χ4v) is 3.14. The van der Waals surface area contributed by atoms with E-state index in [0.29, 0.717) is 24.9 Å². The Morgan fingerprint density at radius 2 is 2.20 bits per heavy atom. The van der Waals surface area contributed by atoms with E-state index in [1.807, 2.05) is 12.1 Å². The van der Waals surface area contributed by atoms with Crippen LogP contribution in [-0.2, 0) is 16.0 Å². The highest BCUT2D eigenvalue weighted by atomic mass is 16.7. The Morgan fingerprint density at radius 3 is 2.90 bits per heavy atom. The summed E-state index contributed by atoms with van der Waals surface area (Å²) < 4.78 is 17.0. The molecule has 3 rings (SSSR count). The summed E-state index contributed by atoms with van der Waals surface area (Å²) in [6, 6.07) is 5.62. The summed E-state index contributed by atoms with van der Waals surface area (Å²) in [6.07, 6.45) is 2.27. The highest BCUT2D eigenvalue weighted by Crippen LogP contribution is 2.34. The average molecular weight is 276 g/mol. The van der Waals surface area contributed by atoms with Gasteiger partial charge in [-0.3, -0.25) is 4.90 Å². The van der Waals surface area contributed by atoms with Crippen molar-refractivity contribution in [2.75, 3.05) is 26.3 Å². The molecule has 5 heteroatoms. The molecule has 2 fully saturated rings. The Labute approximate surface area is 119 Å². The van der Waals surface area contributed by atoms with Crippen molar-refractivity contribution in [3.05, 3.63) is 23.7 Å². The molecular weight excluding hydrogens is 256 g/mol. The van der Waals surface area contributed by atoms with Crippen molar-refractivity contribution in [2.24, 2.45) is 5.92 Å². The van der Waals surface area contributed by atoms with E-state index < -0.39 is 5.79 Å². The van der Waals surface area contributed by atoms with E-state index in [0.717, 1.165) is 38.2 Å². The molecule has 1 atom stereocenters. The van der Waals surface area contributed by atoms with Crippen LogP contribution in [0.2, 0.25) is 0 Å². The predicted molar refractivity (Wildman–Crippen MR) is 71.7 cm³/mol. The summed E-state index contributed by atoms with van der Waals surface area (Å²) >= 11 is 0. The number of rotatable bonds is 3. The first-order valence-corrected chi connectivity index (χ1v) is 7.19. The van der Waals surface area contributed by atoms with Gasteiger partial charge in [-0.05, 0) is 38.4 Å². The summed E-state index contributed by atoms with van der Waals surface area (Å²) in [5, 5.41) is 8.79. The third-order valence-corrected chi connectivity index (χ3v) is 4.26. The number of hydrogen-bond donors (Lipinski definition) is 0. The Balaban J connectivity index is 1.62. The van der Waals surface area contributed by atoms with E-state index >= 15 is 0 Å². The van der Waals surface area contributed by atoms with Gasteiger partial charge in [0.2, 0.25) is 5.76 Å². The second-order valence-corrected chi connectivity index (χ2v) is 5.66. The van der Waals surface area contributed by atoms with Crippen molar-refractivity contribution >= 4 is 0 Å². The number of nitrogens with zero attached hydrogens (tertiary/aromatic N) is 2. The molecule has 0 spiro atoms. The molecule has 20 heavy (non-hydrogen) atoms. The molecule has 2 saturated heterocycles. The lowest BCUT2D eigenvalue weighted by molar-refractivity contribution is -0.192. The highest BCUT2D eigenvalue weighted by molar-refractivity contribution is 5.19. The quantitative estimate of drug-likeness (QED) is 0.846. The summed E-state index contributed by atoms with van der Waals surface area (Å²) in [5.41, 5.74) is 0. The minimum Gasteiger partial charge on any atom is -0.449 e. The molecule has 0 radical (unpaired) electrons. The van der Waals surface area contributed by atoms with E-state index in [2.05, 4.69) is 11.8 Å². The standard InChI is InChI=1S/C15H20N2O3/c1-15(18-7-8-19-15)12-3-2-6-17(10-12)11-14-5-4-13(9-16)20-14/h4-5,12H,2-3,6-8,10-11H2,1H3/t12-/m0/s1. The van der Waals surface area contributed by atoms with Crippen LogP contribution in [0.4, 0.5) is 0 Å². The zero-order chi connectivity index (χ0) is 14.0. The van der Waals surface area contributed by atoms with Crippen molar-refractivity contribution < 1.29 is 13.9 Å². The normalized spacial score (nSPS) is 26.5. The van der Waals surface area contributed by atoms with Gasteiger partial charge < -0.3 is 13.9 Å². The molecule has 108 valence electrons. The summed E-state index contributed by atoms with van der Waals surface area (Å²) in [7, 11) is 0. The molecule has 5 nitrogen and oxygen atoms in total. The zero-order valence-corrected chi connectivity index (χ0v) is 11.8. The Bertz CT molecular complexity index is 499. The van der Waals surface area contributed by atoms with Crippen molar-refractivity contribution in [3.63, 3.8) is 0 Å². The van der Waals surface area contributed by atoms with Crippen LogP contribution in [0.3, 0.4) is 0 Å². The van der Waals surface area contributed by atoms with Gasteiger partial charge in [0.25, 0.3) is 0 Å². The van der Waals surface area contributed by atoms with Gasteiger partial charge in [0.1, 0.15) is 11.8 Å². The van der Waals surface area contributed by atoms with E-state index in [1.165, 1.54) is 0 Å². The Morgan fingerprint density at radius 1 is 1.40 bits per heavy atom. The smallest absolute Gasteiger partial charge is 0.203 e. The van der Waals surface area contributed by atoms with Crippen LogP contribution in [0, 0.1) is 17.2 Å². The first-order chi connectivity index (χ1) is 9.69.